The van der Waals surface area contributed by atoms with Gasteiger partial charge in [0, 0.05) is 31.0 Å². The molecule has 0 aromatic heterocycles. The molecule has 1 atom stereocenters. The smallest absolute Gasteiger partial charge is 0.254 e. The predicted molar refractivity (Wildman–Crippen MR) is 70.3 cm³/mol. The molecular weight excluding hydrogens is 226 g/mol. The van der Waals surface area contributed by atoms with Crippen molar-refractivity contribution in [3.05, 3.63) is 35.4 Å². The second-order valence-corrected chi connectivity index (χ2v) is 4.87. The van der Waals surface area contributed by atoms with Crippen LogP contribution in [-0.2, 0) is 11.3 Å². The van der Waals surface area contributed by atoms with Crippen molar-refractivity contribution in [2.75, 3.05) is 0 Å². The summed E-state index contributed by atoms with van der Waals surface area (Å²) in [5, 5.41) is 0. The zero-order valence-electron chi connectivity index (χ0n) is 11.0. The van der Waals surface area contributed by atoms with E-state index in [0.29, 0.717) is 19.4 Å². The van der Waals surface area contributed by atoms with Gasteiger partial charge in [0.2, 0.25) is 0 Å². The Balaban J connectivity index is 2.00. The first-order valence-electron chi connectivity index (χ1n) is 6.54. The Labute approximate surface area is 108 Å². The fourth-order valence-corrected chi connectivity index (χ4v) is 2.34. The predicted octanol–water partition coefficient (Wildman–Crippen LogP) is 2.79. The molecule has 1 amide bonds. The molecule has 18 heavy (non-hydrogen) atoms. The first kappa shape index (κ1) is 12.8. The van der Waals surface area contributed by atoms with Gasteiger partial charge in [-0.15, -0.1) is 0 Å². The number of ketones is 1. The summed E-state index contributed by atoms with van der Waals surface area (Å²) in [5.74, 6) is 0.369. The van der Waals surface area contributed by atoms with Gasteiger partial charge in [-0.05, 0) is 25.0 Å². The van der Waals surface area contributed by atoms with Crippen LogP contribution in [0.2, 0.25) is 0 Å². The van der Waals surface area contributed by atoms with Gasteiger partial charge in [0.05, 0.1) is 0 Å². The molecule has 0 saturated carbocycles. The van der Waals surface area contributed by atoms with Gasteiger partial charge < -0.3 is 4.90 Å². The fourth-order valence-electron chi connectivity index (χ4n) is 2.34. The Hall–Kier alpha value is -1.64. The summed E-state index contributed by atoms with van der Waals surface area (Å²) in [6, 6.07) is 7.85. The SMILES string of the molecule is CCC(=O)CCC(C)N1Cc2ccccc2C1=O. The topological polar surface area (TPSA) is 37.4 Å². The van der Waals surface area contributed by atoms with E-state index < -0.39 is 0 Å². The highest BCUT2D eigenvalue weighted by Gasteiger charge is 2.30. The summed E-state index contributed by atoms with van der Waals surface area (Å²) in [7, 11) is 0. The van der Waals surface area contributed by atoms with Crippen LogP contribution in [0.4, 0.5) is 0 Å². The summed E-state index contributed by atoms with van der Waals surface area (Å²) in [6.45, 7) is 4.58. The average molecular weight is 245 g/mol. The van der Waals surface area contributed by atoms with E-state index in [2.05, 4.69) is 0 Å². The number of fused-ring (bicyclic) bond motifs is 1. The van der Waals surface area contributed by atoms with Crippen LogP contribution >= 0.6 is 0 Å². The minimum absolute atomic E-state index is 0.0991. The van der Waals surface area contributed by atoms with E-state index in [9.17, 15) is 9.59 Å². The molecule has 96 valence electrons. The van der Waals surface area contributed by atoms with E-state index in [1.165, 1.54) is 0 Å². The normalized spacial score (nSPS) is 15.7. The van der Waals surface area contributed by atoms with Gasteiger partial charge in [0.1, 0.15) is 5.78 Å². The lowest BCUT2D eigenvalue weighted by molar-refractivity contribution is -0.119. The molecule has 1 heterocycles. The lowest BCUT2D eigenvalue weighted by Gasteiger charge is -2.24. The number of nitrogens with zero attached hydrogens (tertiary/aromatic N) is 1. The number of hydrogen-bond acceptors (Lipinski definition) is 2. The second-order valence-electron chi connectivity index (χ2n) is 4.87. The maximum Gasteiger partial charge on any atom is 0.254 e. The summed E-state index contributed by atoms with van der Waals surface area (Å²) in [5.41, 5.74) is 1.90. The number of hydrogen-bond donors (Lipinski definition) is 0. The van der Waals surface area contributed by atoms with E-state index in [1.54, 1.807) is 0 Å². The summed E-state index contributed by atoms with van der Waals surface area (Å²) in [6.07, 6.45) is 1.91. The van der Waals surface area contributed by atoms with E-state index >= 15 is 0 Å². The number of benzene rings is 1. The van der Waals surface area contributed by atoms with Crippen molar-refractivity contribution in [1.82, 2.24) is 4.90 Å². The number of carbonyl (C=O) groups is 2. The highest BCUT2D eigenvalue weighted by Crippen LogP contribution is 2.25. The van der Waals surface area contributed by atoms with Gasteiger partial charge in [-0.2, -0.15) is 0 Å². The Bertz CT molecular complexity index is 467. The molecule has 0 saturated heterocycles. The molecule has 0 bridgehead atoms. The molecule has 0 spiro atoms. The Kier molecular flexibility index (Phi) is 3.80. The molecule has 3 nitrogen and oxygen atoms in total. The van der Waals surface area contributed by atoms with Crippen molar-refractivity contribution in [1.29, 1.82) is 0 Å². The third-order valence-corrected chi connectivity index (χ3v) is 3.62. The maximum atomic E-state index is 12.2. The second kappa shape index (κ2) is 5.34. The van der Waals surface area contributed by atoms with Gasteiger partial charge in [0.25, 0.3) is 5.91 Å². The number of carbonyl (C=O) groups excluding carboxylic acids is 2. The molecule has 2 rings (SSSR count). The van der Waals surface area contributed by atoms with Crippen LogP contribution in [0.25, 0.3) is 0 Å². The fraction of sp³-hybridized carbons (Fsp3) is 0.467. The first-order valence-corrected chi connectivity index (χ1v) is 6.54. The molecule has 0 radical (unpaired) electrons. The highest BCUT2D eigenvalue weighted by atomic mass is 16.2. The van der Waals surface area contributed by atoms with Crippen molar-refractivity contribution in [2.45, 2.75) is 45.7 Å². The summed E-state index contributed by atoms with van der Waals surface area (Å²) >= 11 is 0. The molecule has 0 fully saturated rings. The quantitative estimate of drug-likeness (QED) is 0.800. The zero-order chi connectivity index (χ0) is 13.1. The van der Waals surface area contributed by atoms with Crippen LogP contribution in [0, 0.1) is 0 Å². The molecule has 1 aliphatic rings. The Morgan fingerprint density at radius 1 is 1.39 bits per heavy atom. The number of Topliss-reactive ketones (excluding diaryl/α,β-unsaturated/α-hetero) is 1. The van der Waals surface area contributed by atoms with Crippen LogP contribution in [0.1, 0.15) is 49.0 Å². The van der Waals surface area contributed by atoms with Gasteiger partial charge >= 0.3 is 0 Å². The molecular formula is C15H19NO2. The van der Waals surface area contributed by atoms with Crippen molar-refractivity contribution < 1.29 is 9.59 Å². The third kappa shape index (κ3) is 2.45. The lowest BCUT2D eigenvalue weighted by Crippen LogP contribution is -2.33. The molecule has 1 aromatic carbocycles. The molecule has 3 heteroatoms. The molecule has 1 unspecified atom stereocenters. The Morgan fingerprint density at radius 3 is 2.78 bits per heavy atom. The van der Waals surface area contributed by atoms with E-state index in [-0.39, 0.29) is 17.7 Å². The van der Waals surface area contributed by atoms with Gasteiger partial charge in [-0.25, -0.2) is 0 Å². The largest absolute Gasteiger partial charge is 0.332 e. The first-order chi connectivity index (χ1) is 8.63. The summed E-state index contributed by atoms with van der Waals surface area (Å²) < 4.78 is 0. The average Bonchev–Trinajstić information content (AvgIpc) is 2.73. The van der Waals surface area contributed by atoms with Crippen molar-refractivity contribution in [3.63, 3.8) is 0 Å². The van der Waals surface area contributed by atoms with Crippen LogP contribution in [-0.4, -0.2) is 22.6 Å². The molecule has 1 aromatic rings. The van der Waals surface area contributed by atoms with Crippen LogP contribution in [0.15, 0.2) is 24.3 Å². The summed E-state index contributed by atoms with van der Waals surface area (Å²) in [4.78, 5) is 25.4. The molecule has 1 aliphatic heterocycles. The van der Waals surface area contributed by atoms with E-state index in [4.69, 9.17) is 0 Å². The van der Waals surface area contributed by atoms with Crippen molar-refractivity contribution in [3.8, 4) is 0 Å². The standard InChI is InChI=1S/C15H19NO2/c1-3-13(17)9-8-11(2)16-10-12-6-4-5-7-14(12)15(16)18/h4-7,11H,3,8-10H2,1-2H3. The van der Waals surface area contributed by atoms with Crippen LogP contribution in [0.3, 0.4) is 0 Å². The van der Waals surface area contributed by atoms with Crippen molar-refractivity contribution >= 4 is 11.7 Å². The minimum atomic E-state index is 0.0991. The zero-order valence-corrected chi connectivity index (χ0v) is 11.0. The minimum Gasteiger partial charge on any atom is -0.332 e. The number of amides is 1. The Morgan fingerprint density at radius 2 is 2.11 bits per heavy atom. The van der Waals surface area contributed by atoms with Gasteiger partial charge in [-0.3, -0.25) is 9.59 Å². The highest BCUT2D eigenvalue weighted by molar-refractivity contribution is 5.98. The van der Waals surface area contributed by atoms with E-state index in [1.807, 2.05) is 43.0 Å². The lowest BCUT2D eigenvalue weighted by atomic mass is 10.1. The van der Waals surface area contributed by atoms with Crippen LogP contribution < -0.4 is 0 Å². The monoisotopic (exact) mass is 245 g/mol. The van der Waals surface area contributed by atoms with Gasteiger partial charge in [-0.1, -0.05) is 25.1 Å². The van der Waals surface area contributed by atoms with Gasteiger partial charge in [0.15, 0.2) is 0 Å². The maximum absolute atomic E-state index is 12.2. The third-order valence-electron chi connectivity index (χ3n) is 3.62. The molecule has 0 N–H and O–H groups in total. The molecule has 0 aliphatic carbocycles. The van der Waals surface area contributed by atoms with Crippen LogP contribution in [0.5, 0.6) is 0 Å². The van der Waals surface area contributed by atoms with Crippen molar-refractivity contribution in [2.24, 2.45) is 0 Å². The number of rotatable bonds is 5. The van der Waals surface area contributed by atoms with E-state index in [0.717, 1.165) is 17.5 Å².